The minimum absolute atomic E-state index is 0.0227. The van der Waals surface area contributed by atoms with Gasteiger partial charge in [0.25, 0.3) is 5.91 Å². The zero-order chi connectivity index (χ0) is 29.8. The first-order valence-corrected chi connectivity index (χ1v) is 13.7. The summed E-state index contributed by atoms with van der Waals surface area (Å²) in [4.78, 5) is 41.6. The summed E-state index contributed by atoms with van der Waals surface area (Å²) in [6, 6.07) is 14.1. The molecule has 0 radical (unpaired) electrons. The predicted molar refractivity (Wildman–Crippen MR) is 156 cm³/mol. The molecule has 1 unspecified atom stereocenters. The van der Waals surface area contributed by atoms with E-state index in [1.165, 1.54) is 17.0 Å². The Morgan fingerprint density at radius 3 is 2.52 bits per heavy atom. The number of halogens is 1. The van der Waals surface area contributed by atoms with Gasteiger partial charge in [0.2, 0.25) is 5.76 Å². The summed E-state index contributed by atoms with van der Waals surface area (Å²) in [5.74, 6) is -0.881. The van der Waals surface area contributed by atoms with Gasteiger partial charge in [0.05, 0.1) is 35.8 Å². The highest BCUT2D eigenvalue weighted by molar-refractivity contribution is 6.10. The Kier molecular flexibility index (Phi) is 8.38. The normalized spacial score (nSPS) is 14.1. The maximum absolute atomic E-state index is 14.2. The van der Waals surface area contributed by atoms with E-state index in [-0.39, 0.29) is 28.9 Å². The fourth-order valence-corrected chi connectivity index (χ4v) is 4.91. The molecule has 0 N–H and O–H groups in total. The monoisotopic (exact) mass is 571 g/mol. The molecule has 3 aromatic carbocycles. The average Bonchev–Trinajstić information content (AvgIpc) is 3.29. The molecule has 1 aromatic heterocycles. The Bertz CT molecular complexity index is 1710. The molecular formula is C33H30FNO7. The number of hydrogen-bond acceptors (Lipinski definition) is 7. The third-order valence-electron chi connectivity index (χ3n) is 6.88. The van der Waals surface area contributed by atoms with Crippen molar-refractivity contribution in [3.05, 3.63) is 112 Å². The second kappa shape index (κ2) is 12.3. The number of esters is 1. The number of anilines is 1. The molecule has 0 saturated heterocycles. The molecule has 5 rings (SSSR count). The van der Waals surface area contributed by atoms with Crippen LogP contribution in [0.5, 0.6) is 11.5 Å². The molecule has 1 amide bonds. The van der Waals surface area contributed by atoms with Crippen molar-refractivity contribution in [3.63, 3.8) is 0 Å². The van der Waals surface area contributed by atoms with Gasteiger partial charge in [-0.25, -0.2) is 9.18 Å². The van der Waals surface area contributed by atoms with Gasteiger partial charge in [-0.1, -0.05) is 32.1 Å². The number of fused-ring (bicyclic) bond motifs is 2. The van der Waals surface area contributed by atoms with E-state index in [4.69, 9.17) is 18.6 Å². The summed E-state index contributed by atoms with van der Waals surface area (Å²) in [5.41, 5.74) is 0.940. The second-order valence-corrected chi connectivity index (χ2v) is 9.67. The Morgan fingerprint density at radius 1 is 1.02 bits per heavy atom. The lowest BCUT2D eigenvalue weighted by Gasteiger charge is -2.26. The van der Waals surface area contributed by atoms with E-state index < -0.39 is 29.2 Å². The number of rotatable bonds is 11. The van der Waals surface area contributed by atoms with Gasteiger partial charge in [-0.05, 0) is 73.5 Å². The van der Waals surface area contributed by atoms with E-state index in [0.29, 0.717) is 41.5 Å². The highest BCUT2D eigenvalue weighted by Gasteiger charge is 2.44. The van der Waals surface area contributed by atoms with Gasteiger partial charge in [0.1, 0.15) is 18.0 Å². The number of ether oxygens (including phenoxy) is 3. The van der Waals surface area contributed by atoms with Crippen molar-refractivity contribution in [2.75, 3.05) is 24.7 Å². The van der Waals surface area contributed by atoms with Crippen molar-refractivity contribution in [2.24, 2.45) is 0 Å². The number of carbonyl (C=O) groups excluding carboxylic acids is 2. The third kappa shape index (κ3) is 5.37. The third-order valence-corrected chi connectivity index (χ3v) is 6.88. The molecule has 42 heavy (non-hydrogen) atoms. The van der Waals surface area contributed by atoms with E-state index >= 15 is 0 Å². The van der Waals surface area contributed by atoms with E-state index in [0.717, 1.165) is 18.9 Å². The van der Waals surface area contributed by atoms with Crippen LogP contribution in [0.3, 0.4) is 0 Å². The largest absolute Gasteiger partial charge is 0.490 e. The first kappa shape index (κ1) is 28.6. The van der Waals surface area contributed by atoms with E-state index in [9.17, 15) is 18.8 Å². The van der Waals surface area contributed by atoms with Crippen LogP contribution in [0.25, 0.3) is 11.0 Å². The standard InChI is InChI=1S/C33H30FNO7/c1-4-7-17-41-33(38)20-8-12-23(13-9-20)35-29(21-10-14-26(40-16-5-2)27(18-21)39-6-3)28-30(36)24-19-22(34)11-15-25(24)42-31(28)32(35)37/h5,8-15,18-19,29H,2,4,6-7,16-17H2,1,3H3. The van der Waals surface area contributed by atoms with Crippen molar-refractivity contribution < 1.29 is 32.6 Å². The molecule has 0 saturated carbocycles. The molecule has 1 atom stereocenters. The van der Waals surface area contributed by atoms with Gasteiger partial charge in [-0.3, -0.25) is 14.5 Å². The summed E-state index contributed by atoms with van der Waals surface area (Å²) in [7, 11) is 0. The molecule has 1 aliphatic heterocycles. The van der Waals surface area contributed by atoms with Gasteiger partial charge >= 0.3 is 5.97 Å². The minimum Gasteiger partial charge on any atom is -0.490 e. The molecule has 0 bridgehead atoms. The minimum atomic E-state index is -0.938. The maximum Gasteiger partial charge on any atom is 0.338 e. The zero-order valence-corrected chi connectivity index (χ0v) is 23.4. The smallest absolute Gasteiger partial charge is 0.338 e. The Morgan fingerprint density at radius 2 is 1.81 bits per heavy atom. The molecule has 0 spiro atoms. The van der Waals surface area contributed by atoms with Gasteiger partial charge in [0, 0.05) is 5.69 Å². The van der Waals surface area contributed by atoms with Gasteiger partial charge in [-0.15, -0.1) is 0 Å². The van der Waals surface area contributed by atoms with E-state index in [1.54, 1.807) is 48.5 Å². The zero-order valence-electron chi connectivity index (χ0n) is 23.4. The quantitative estimate of drug-likeness (QED) is 0.114. The number of carbonyl (C=O) groups is 2. The van der Waals surface area contributed by atoms with Crippen molar-refractivity contribution in [1.29, 1.82) is 0 Å². The molecule has 8 nitrogen and oxygen atoms in total. The molecule has 4 aromatic rings. The molecule has 216 valence electrons. The van der Waals surface area contributed by atoms with Gasteiger partial charge in [0.15, 0.2) is 16.9 Å². The number of amides is 1. The fraction of sp³-hybridized carbons (Fsp3) is 0.242. The highest BCUT2D eigenvalue weighted by Crippen LogP contribution is 2.43. The van der Waals surface area contributed by atoms with Crippen LogP contribution in [-0.2, 0) is 4.74 Å². The van der Waals surface area contributed by atoms with Crippen molar-refractivity contribution in [1.82, 2.24) is 0 Å². The summed E-state index contributed by atoms with van der Waals surface area (Å²) >= 11 is 0. The number of nitrogens with zero attached hydrogens (tertiary/aromatic N) is 1. The van der Waals surface area contributed by atoms with Crippen LogP contribution >= 0.6 is 0 Å². The summed E-state index contributed by atoms with van der Waals surface area (Å²) in [6.07, 6.45) is 3.26. The lowest BCUT2D eigenvalue weighted by Crippen LogP contribution is -2.29. The van der Waals surface area contributed by atoms with Crippen LogP contribution in [-0.4, -0.2) is 31.7 Å². The Hall–Kier alpha value is -4.92. The maximum atomic E-state index is 14.2. The van der Waals surface area contributed by atoms with Crippen molar-refractivity contribution >= 4 is 28.5 Å². The molecule has 1 aliphatic rings. The average molecular weight is 572 g/mol. The van der Waals surface area contributed by atoms with Crippen molar-refractivity contribution in [2.45, 2.75) is 32.7 Å². The van der Waals surface area contributed by atoms with Crippen LogP contribution in [0.1, 0.15) is 64.8 Å². The Balaban J connectivity index is 1.64. The number of unbranched alkanes of at least 4 members (excludes halogenated alkanes) is 1. The van der Waals surface area contributed by atoms with E-state index in [2.05, 4.69) is 6.58 Å². The summed E-state index contributed by atoms with van der Waals surface area (Å²) < 4.78 is 36.9. The lowest BCUT2D eigenvalue weighted by molar-refractivity contribution is 0.0499. The van der Waals surface area contributed by atoms with E-state index in [1.807, 2.05) is 13.8 Å². The molecule has 2 heterocycles. The molecule has 9 heteroatoms. The van der Waals surface area contributed by atoms with Crippen LogP contribution in [0.4, 0.5) is 10.1 Å². The first-order chi connectivity index (χ1) is 20.4. The SMILES string of the molecule is C=CCOc1ccc(C2c3c(oc4ccc(F)cc4c3=O)C(=O)N2c2ccc(C(=O)OCCCC)cc2)cc1OCC. The molecular weight excluding hydrogens is 541 g/mol. The predicted octanol–water partition coefficient (Wildman–Crippen LogP) is 6.60. The lowest BCUT2D eigenvalue weighted by atomic mass is 9.97. The molecule has 0 aliphatic carbocycles. The summed E-state index contributed by atoms with van der Waals surface area (Å²) in [6.45, 7) is 8.42. The van der Waals surface area contributed by atoms with Crippen LogP contribution in [0.2, 0.25) is 0 Å². The number of benzene rings is 3. The van der Waals surface area contributed by atoms with Crippen molar-refractivity contribution in [3.8, 4) is 11.5 Å². The second-order valence-electron chi connectivity index (χ2n) is 9.67. The van der Waals surface area contributed by atoms with Crippen LogP contribution < -0.4 is 19.8 Å². The fourth-order valence-electron chi connectivity index (χ4n) is 4.91. The van der Waals surface area contributed by atoms with Gasteiger partial charge < -0.3 is 18.6 Å². The number of hydrogen-bond donors (Lipinski definition) is 0. The topological polar surface area (TPSA) is 95.3 Å². The molecule has 0 fully saturated rings. The van der Waals surface area contributed by atoms with Gasteiger partial charge in [-0.2, -0.15) is 0 Å². The first-order valence-electron chi connectivity index (χ1n) is 13.7. The summed E-state index contributed by atoms with van der Waals surface area (Å²) in [5, 5.41) is 0.0227. The van der Waals surface area contributed by atoms with Crippen LogP contribution in [0.15, 0.2) is 82.5 Å². The van der Waals surface area contributed by atoms with Crippen LogP contribution in [0, 0.1) is 5.82 Å². The highest BCUT2D eigenvalue weighted by atomic mass is 19.1. The Labute approximate surface area is 241 Å².